The molecule has 14 heavy (non-hydrogen) atoms. The van der Waals surface area contributed by atoms with E-state index in [1.165, 1.54) is 12.1 Å². The second-order valence-electron chi connectivity index (χ2n) is 2.86. The Morgan fingerprint density at radius 3 is 2.36 bits per heavy atom. The van der Waals surface area contributed by atoms with Crippen molar-refractivity contribution in [1.82, 2.24) is 14.8 Å². The van der Waals surface area contributed by atoms with E-state index in [1.807, 2.05) is 0 Å². The third kappa shape index (κ3) is 1.48. The Hall–Kier alpha value is -1.42. The van der Waals surface area contributed by atoms with E-state index in [9.17, 15) is 4.39 Å². The van der Waals surface area contributed by atoms with Crippen molar-refractivity contribution in [2.24, 2.45) is 7.05 Å². The molecule has 72 valence electrons. The van der Waals surface area contributed by atoms with Gasteiger partial charge in [-0.3, -0.25) is 0 Å². The molecule has 0 N–H and O–H groups in total. The molecule has 1 heterocycles. The second-order valence-corrected chi connectivity index (χ2v) is 3.20. The van der Waals surface area contributed by atoms with Crippen LogP contribution in [0.2, 0.25) is 5.28 Å². The summed E-state index contributed by atoms with van der Waals surface area (Å²) in [4.78, 5) is 0. The monoisotopic (exact) mass is 211 g/mol. The minimum Gasteiger partial charge on any atom is -0.301 e. The van der Waals surface area contributed by atoms with E-state index in [2.05, 4.69) is 10.2 Å². The van der Waals surface area contributed by atoms with Gasteiger partial charge in [-0.05, 0) is 35.9 Å². The highest BCUT2D eigenvalue weighted by molar-refractivity contribution is 6.28. The van der Waals surface area contributed by atoms with E-state index in [0.717, 1.165) is 5.56 Å². The van der Waals surface area contributed by atoms with Gasteiger partial charge in [0.2, 0.25) is 5.28 Å². The molecule has 0 bridgehead atoms. The van der Waals surface area contributed by atoms with Crippen molar-refractivity contribution in [1.29, 1.82) is 0 Å². The SMILES string of the molecule is Cn1c(Cl)nnc1-c1ccc(F)cc1. The van der Waals surface area contributed by atoms with Gasteiger partial charge >= 0.3 is 0 Å². The van der Waals surface area contributed by atoms with Crippen molar-refractivity contribution in [3.63, 3.8) is 0 Å². The van der Waals surface area contributed by atoms with Gasteiger partial charge in [0.25, 0.3) is 0 Å². The van der Waals surface area contributed by atoms with Crippen molar-refractivity contribution in [3.8, 4) is 11.4 Å². The molecule has 0 atom stereocenters. The van der Waals surface area contributed by atoms with Crippen LogP contribution in [0.3, 0.4) is 0 Å². The summed E-state index contributed by atoms with van der Waals surface area (Å²) in [5, 5.41) is 7.88. The van der Waals surface area contributed by atoms with E-state index in [1.54, 1.807) is 23.7 Å². The summed E-state index contributed by atoms with van der Waals surface area (Å²) >= 11 is 5.73. The van der Waals surface area contributed by atoms with Gasteiger partial charge in [0, 0.05) is 12.6 Å². The van der Waals surface area contributed by atoms with E-state index in [-0.39, 0.29) is 5.82 Å². The first-order valence-electron chi connectivity index (χ1n) is 3.99. The van der Waals surface area contributed by atoms with Gasteiger partial charge in [-0.25, -0.2) is 4.39 Å². The predicted molar refractivity (Wildman–Crippen MR) is 51.4 cm³/mol. The molecular weight excluding hydrogens is 205 g/mol. The lowest BCUT2D eigenvalue weighted by Gasteiger charge is -1.99. The minimum absolute atomic E-state index is 0.276. The molecule has 0 saturated heterocycles. The average molecular weight is 212 g/mol. The van der Waals surface area contributed by atoms with Crippen molar-refractivity contribution in [2.75, 3.05) is 0 Å². The molecule has 2 rings (SSSR count). The topological polar surface area (TPSA) is 30.7 Å². The summed E-state index contributed by atoms with van der Waals surface area (Å²) in [5.74, 6) is 0.344. The van der Waals surface area contributed by atoms with Gasteiger partial charge in [-0.15, -0.1) is 10.2 Å². The van der Waals surface area contributed by atoms with Crippen LogP contribution in [-0.4, -0.2) is 14.8 Å². The lowest BCUT2D eigenvalue weighted by molar-refractivity contribution is 0.628. The van der Waals surface area contributed by atoms with E-state index in [0.29, 0.717) is 11.1 Å². The number of hydrogen-bond acceptors (Lipinski definition) is 2. The zero-order valence-corrected chi connectivity index (χ0v) is 8.16. The Morgan fingerprint density at radius 2 is 1.86 bits per heavy atom. The molecule has 0 amide bonds. The van der Waals surface area contributed by atoms with E-state index in [4.69, 9.17) is 11.6 Å². The third-order valence-corrected chi connectivity index (χ3v) is 2.25. The number of halogens is 2. The van der Waals surface area contributed by atoms with Crippen LogP contribution in [0, 0.1) is 5.82 Å². The molecule has 3 nitrogen and oxygen atoms in total. The third-order valence-electron chi connectivity index (χ3n) is 1.92. The minimum atomic E-state index is -0.276. The molecule has 0 fully saturated rings. The van der Waals surface area contributed by atoms with Gasteiger partial charge in [-0.2, -0.15) is 0 Å². The molecule has 0 aliphatic carbocycles. The zero-order valence-electron chi connectivity index (χ0n) is 7.41. The molecular formula is C9H7ClFN3. The highest BCUT2D eigenvalue weighted by atomic mass is 35.5. The first-order chi connectivity index (χ1) is 6.68. The predicted octanol–water partition coefficient (Wildman–Crippen LogP) is 2.27. The van der Waals surface area contributed by atoms with Crippen LogP contribution in [0.1, 0.15) is 0 Å². The molecule has 0 unspecified atom stereocenters. The van der Waals surface area contributed by atoms with Crippen LogP contribution < -0.4 is 0 Å². The average Bonchev–Trinajstić information content (AvgIpc) is 2.50. The summed E-state index contributed by atoms with van der Waals surface area (Å²) in [5.41, 5.74) is 0.785. The first kappa shape index (κ1) is 9.15. The normalized spacial score (nSPS) is 10.5. The lowest BCUT2D eigenvalue weighted by Crippen LogP contribution is -1.92. The van der Waals surface area contributed by atoms with Crippen LogP contribution in [-0.2, 0) is 7.05 Å². The quantitative estimate of drug-likeness (QED) is 0.725. The van der Waals surface area contributed by atoms with E-state index >= 15 is 0 Å². The van der Waals surface area contributed by atoms with Gasteiger partial charge in [0.05, 0.1) is 0 Å². The van der Waals surface area contributed by atoms with Gasteiger partial charge in [-0.1, -0.05) is 0 Å². The number of rotatable bonds is 1. The Labute approximate surface area is 85.1 Å². The summed E-state index contributed by atoms with van der Waals surface area (Å²) in [6.07, 6.45) is 0. The van der Waals surface area contributed by atoms with Crippen molar-refractivity contribution in [2.45, 2.75) is 0 Å². The maximum absolute atomic E-state index is 12.6. The molecule has 1 aromatic heterocycles. The van der Waals surface area contributed by atoms with Crippen LogP contribution in [0.15, 0.2) is 24.3 Å². The number of benzene rings is 1. The fourth-order valence-corrected chi connectivity index (χ4v) is 1.28. The van der Waals surface area contributed by atoms with E-state index < -0.39 is 0 Å². The standard InChI is InChI=1S/C9H7ClFN3/c1-14-8(12-13-9(14)10)6-2-4-7(11)5-3-6/h2-5H,1H3. The fraction of sp³-hybridized carbons (Fsp3) is 0.111. The lowest BCUT2D eigenvalue weighted by atomic mass is 10.2. The number of aromatic nitrogens is 3. The van der Waals surface area contributed by atoms with Gasteiger partial charge in [0.15, 0.2) is 5.82 Å². The summed E-state index contributed by atoms with van der Waals surface area (Å²) in [6, 6.07) is 6.02. The Kier molecular flexibility index (Phi) is 2.21. The van der Waals surface area contributed by atoms with Gasteiger partial charge in [0.1, 0.15) is 5.82 Å². The fourth-order valence-electron chi connectivity index (χ4n) is 1.16. The molecule has 0 aliphatic rings. The maximum atomic E-state index is 12.6. The van der Waals surface area contributed by atoms with Crippen LogP contribution in [0.25, 0.3) is 11.4 Å². The molecule has 5 heteroatoms. The first-order valence-corrected chi connectivity index (χ1v) is 4.37. The summed E-state index contributed by atoms with van der Waals surface area (Å²) < 4.78 is 14.3. The molecule has 2 aromatic rings. The summed E-state index contributed by atoms with van der Waals surface area (Å²) in [6.45, 7) is 0. The summed E-state index contributed by atoms with van der Waals surface area (Å²) in [7, 11) is 1.75. The maximum Gasteiger partial charge on any atom is 0.225 e. The Morgan fingerprint density at radius 1 is 1.21 bits per heavy atom. The second kappa shape index (κ2) is 3.38. The van der Waals surface area contributed by atoms with Crippen molar-refractivity contribution < 1.29 is 4.39 Å². The Balaban J connectivity index is 2.49. The number of nitrogens with zero attached hydrogens (tertiary/aromatic N) is 3. The van der Waals surface area contributed by atoms with Crippen LogP contribution in [0.5, 0.6) is 0 Å². The molecule has 0 saturated carbocycles. The zero-order chi connectivity index (χ0) is 10.1. The van der Waals surface area contributed by atoms with Crippen LogP contribution >= 0.6 is 11.6 Å². The molecule has 0 radical (unpaired) electrons. The number of hydrogen-bond donors (Lipinski definition) is 0. The smallest absolute Gasteiger partial charge is 0.225 e. The molecule has 0 aliphatic heterocycles. The van der Waals surface area contributed by atoms with Crippen molar-refractivity contribution in [3.05, 3.63) is 35.4 Å². The molecule has 0 spiro atoms. The molecule has 1 aromatic carbocycles. The highest BCUT2D eigenvalue weighted by Crippen LogP contribution is 2.19. The van der Waals surface area contributed by atoms with Crippen LogP contribution in [0.4, 0.5) is 4.39 Å². The van der Waals surface area contributed by atoms with Crippen molar-refractivity contribution >= 4 is 11.6 Å². The van der Waals surface area contributed by atoms with Gasteiger partial charge < -0.3 is 4.57 Å². The Bertz CT molecular complexity index is 450. The highest BCUT2D eigenvalue weighted by Gasteiger charge is 2.08. The largest absolute Gasteiger partial charge is 0.301 e.